The van der Waals surface area contributed by atoms with E-state index in [0.29, 0.717) is 19.3 Å². The monoisotopic (exact) mass is 821 g/mol. The fourth-order valence-corrected chi connectivity index (χ4v) is 7.86. The lowest BCUT2D eigenvalue weighted by Gasteiger charge is -2.18. The molecule has 344 valence electrons. The van der Waals surface area contributed by atoms with Gasteiger partial charge in [0, 0.05) is 19.3 Å². The number of hydrogen-bond acceptors (Lipinski definition) is 6. The molecule has 0 spiro atoms. The number of carbonyl (C=O) groups is 3. The van der Waals surface area contributed by atoms with Gasteiger partial charge in [0.25, 0.3) is 0 Å². The van der Waals surface area contributed by atoms with E-state index in [-0.39, 0.29) is 31.1 Å². The molecule has 0 saturated heterocycles. The van der Waals surface area contributed by atoms with Gasteiger partial charge < -0.3 is 14.2 Å². The van der Waals surface area contributed by atoms with Crippen LogP contribution in [0.4, 0.5) is 0 Å². The van der Waals surface area contributed by atoms with Gasteiger partial charge in [0.1, 0.15) is 13.2 Å². The number of hydrogen-bond donors (Lipinski definition) is 0. The summed E-state index contributed by atoms with van der Waals surface area (Å²) in [4.78, 5) is 37.8. The van der Waals surface area contributed by atoms with Crippen LogP contribution in [0.2, 0.25) is 0 Å². The fraction of sp³-hybridized carbons (Fsp3) is 0.942. The third kappa shape index (κ3) is 45.5. The van der Waals surface area contributed by atoms with Gasteiger partial charge in [-0.05, 0) is 25.2 Å². The van der Waals surface area contributed by atoms with Crippen molar-refractivity contribution >= 4 is 17.9 Å². The van der Waals surface area contributed by atoms with Gasteiger partial charge in [-0.2, -0.15) is 0 Å². The van der Waals surface area contributed by atoms with Crippen molar-refractivity contribution in [3.8, 4) is 0 Å². The fourth-order valence-electron chi connectivity index (χ4n) is 7.86. The van der Waals surface area contributed by atoms with E-state index in [0.717, 1.165) is 63.7 Å². The smallest absolute Gasteiger partial charge is 0.306 e. The van der Waals surface area contributed by atoms with Crippen molar-refractivity contribution in [1.82, 2.24) is 0 Å². The van der Waals surface area contributed by atoms with Crippen molar-refractivity contribution in [1.29, 1.82) is 0 Å². The van der Waals surface area contributed by atoms with Crippen LogP contribution in [0.5, 0.6) is 0 Å². The number of rotatable bonds is 47. The summed E-state index contributed by atoms with van der Waals surface area (Å²) in [6.07, 6.45) is 48.1. The van der Waals surface area contributed by atoms with Crippen LogP contribution >= 0.6 is 0 Å². The number of carbonyl (C=O) groups excluding carboxylic acids is 3. The SMILES string of the molecule is CCCCCCCCCCCCCCC(=O)O[C@@H](COC(=O)CCCCCCCCCCC)COC(=O)CCCCCCCCCCCCCCCCCCC(C)C. The summed E-state index contributed by atoms with van der Waals surface area (Å²) in [5, 5.41) is 0. The zero-order valence-corrected chi connectivity index (χ0v) is 39.5. The Morgan fingerprint density at radius 3 is 0.845 bits per heavy atom. The van der Waals surface area contributed by atoms with Crippen molar-refractivity contribution in [2.45, 2.75) is 297 Å². The van der Waals surface area contributed by atoms with Crippen molar-refractivity contribution in [2.75, 3.05) is 13.2 Å². The lowest BCUT2D eigenvalue weighted by Crippen LogP contribution is -2.30. The lowest BCUT2D eigenvalue weighted by molar-refractivity contribution is -0.167. The zero-order chi connectivity index (χ0) is 42.4. The topological polar surface area (TPSA) is 78.9 Å². The molecule has 58 heavy (non-hydrogen) atoms. The first-order chi connectivity index (χ1) is 28.4. The van der Waals surface area contributed by atoms with Gasteiger partial charge in [0.05, 0.1) is 0 Å². The molecule has 6 nitrogen and oxygen atoms in total. The number of esters is 3. The van der Waals surface area contributed by atoms with Crippen LogP contribution in [0.15, 0.2) is 0 Å². The highest BCUT2D eigenvalue weighted by atomic mass is 16.6. The summed E-state index contributed by atoms with van der Waals surface area (Å²) in [5.41, 5.74) is 0. The van der Waals surface area contributed by atoms with Gasteiger partial charge in [-0.25, -0.2) is 0 Å². The average Bonchev–Trinajstić information content (AvgIpc) is 3.21. The van der Waals surface area contributed by atoms with E-state index in [9.17, 15) is 14.4 Å². The Balaban J connectivity index is 4.21. The van der Waals surface area contributed by atoms with Gasteiger partial charge in [-0.1, -0.05) is 252 Å². The molecular formula is C52H100O6. The molecule has 0 N–H and O–H groups in total. The van der Waals surface area contributed by atoms with E-state index in [1.807, 2.05) is 0 Å². The van der Waals surface area contributed by atoms with Gasteiger partial charge in [-0.15, -0.1) is 0 Å². The van der Waals surface area contributed by atoms with Crippen molar-refractivity contribution < 1.29 is 28.6 Å². The first kappa shape index (κ1) is 56.4. The molecule has 0 aromatic heterocycles. The molecule has 0 aliphatic rings. The minimum Gasteiger partial charge on any atom is -0.462 e. The summed E-state index contributed by atoms with van der Waals surface area (Å²) in [6.45, 7) is 9.02. The summed E-state index contributed by atoms with van der Waals surface area (Å²) in [6, 6.07) is 0. The Labute approximate surface area is 361 Å². The molecule has 0 radical (unpaired) electrons. The molecule has 0 fully saturated rings. The Morgan fingerprint density at radius 2 is 0.569 bits per heavy atom. The molecule has 0 aliphatic heterocycles. The van der Waals surface area contributed by atoms with Crippen molar-refractivity contribution in [2.24, 2.45) is 5.92 Å². The molecule has 0 bridgehead atoms. The Bertz CT molecular complexity index is 872. The summed E-state index contributed by atoms with van der Waals surface area (Å²) in [5.74, 6) is 0.00569. The van der Waals surface area contributed by atoms with Crippen LogP contribution in [0.1, 0.15) is 291 Å². The van der Waals surface area contributed by atoms with Crippen LogP contribution in [0.3, 0.4) is 0 Å². The predicted octanol–water partition coefficient (Wildman–Crippen LogP) is 16.7. The highest BCUT2D eigenvalue weighted by Gasteiger charge is 2.19. The molecule has 0 heterocycles. The predicted molar refractivity (Wildman–Crippen MR) is 247 cm³/mol. The first-order valence-electron chi connectivity index (χ1n) is 25.9. The van der Waals surface area contributed by atoms with Crippen LogP contribution in [-0.2, 0) is 28.6 Å². The molecule has 0 rings (SSSR count). The van der Waals surface area contributed by atoms with E-state index in [4.69, 9.17) is 14.2 Å². The number of unbranched alkanes of at least 4 members (excludes halogenated alkanes) is 34. The zero-order valence-electron chi connectivity index (χ0n) is 39.5. The summed E-state index contributed by atoms with van der Waals surface area (Å²) >= 11 is 0. The minimum atomic E-state index is -0.759. The second-order valence-electron chi connectivity index (χ2n) is 18.3. The summed E-state index contributed by atoms with van der Waals surface area (Å²) < 4.78 is 16.8. The normalized spacial score (nSPS) is 11.9. The molecule has 0 saturated carbocycles. The molecule has 6 heteroatoms. The molecular weight excluding hydrogens is 721 g/mol. The molecule has 0 aromatic carbocycles. The summed E-state index contributed by atoms with van der Waals surface area (Å²) in [7, 11) is 0. The number of ether oxygens (including phenoxy) is 3. The Kier molecular flexibility index (Phi) is 45.2. The van der Waals surface area contributed by atoms with Crippen LogP contribution in [0.25, 0.3) is 0 Å². The first-order valence-corrected chi connectivity index (χ1v) is 25.9. The van der Waals surface area contributed by atoms with Gasteiger partial charge >= 0.3 is 17.9 Å². The lowest BCUT2D eigenvalue weighted by atomic mass is 10.0. The molecule has 0 aliphatic carbocycles. The van der Waals surface area contributed by atoms with Crippen molar-refractivity contribution in [3.63, 3.8) is 0 Å². The highest BCUT2D eigenvalue weighted by Crippen LogP contribution is 2.17. The minimum absolute atomic E-state index is 0.0627. The second-order valence-corrected chi connectivity index (χ2v) is 18.3. The van der Waals surface area contributed by atoms with E-state index in [2.05, 4.69) is 27.7 Å². The standard InChI is InChI=1S/C52H100O6/c1-5-7-9-11-13-15-16-24-29-33-37-41-45-52(55)58-49(46-56-50(53)43-39-35-31-26-14-12-10-8-6-2)47-57-51(54)44-40-36-32-28-25-22-20-18-17-19-21-23-27-30-34-38-42-48(3)4/h48-49H,5-47H2,1-4H3/t49-/m0/s1. The molecule has 0 unspecified atom stereocenters. The largest absolute Gasteiger partial charge is 0.462 e. The average molecular weight is 821 g/mol. The van der Waals surface area contributed by atoms with Gasteiger partial charge in [0.15, 0.2) is 6.10 Å². The van der Waals surface area contributed by atoms with Crippen molar-refractivity contribution in [3.05, 3.63) is 0 Å². The van der Waals surface area contributed by atoms with Gasteiger partial charge in [-0.3, -0.25) is 14.4 Å². The second kappa shape index (κ2) is 46.5. The van der Waals surface area contributed by atoms with Crippen LogP contribution in [-0.4, -0.2) is 37.2 Å². The maximum Gasteiger partial charge on any atom is 0.306 e. The van der Waals surface area contributed by atoms with E-state index in [1.165, 1.54) is 186 Å². The van der Waals surface area contributed by atoms with Gasteiger partial charge in [0.2, 0.25) is 0 Å². The maximum atomic E-state index is 12.7. The molecule has 1 atom stereocenters. The van der Waals surface area contributed by atoms with E-state index < -0.39 is 6.10 Å². The van der Waals surface area contributed by atoms with Crippen LogP contribution in [0, 0.1) is 5.92 Å². The third-order valence-electron chi connectivity index (χ3n) is 11.8. The highest BCUT2D eigenvalue weighted by molar-refractivity contribution is 5.71. The molecule has 0 aromatic rings. The van der Waals surface area contributed by atoms with Crippen LogP contribution < -0.4 is 0 Å². The third-order valence-corrected chi connectivity index (χ3v) is 11.8. The Hall–Kier alpha value is -1.59. The molecule has 0 amide bonds. The quantitative estimate of drug-likeness (QED) is 0.0346. The maximum absolute atomic E-state index is 12.7. The van der Waals surface area contributed by atoms with E-state index in [1.54, 1.807) is 0 Å². The van der Waals surface area contributed by atoms with E-state index >= 15 is 0 Å². The Morgan fingerprint density at radius 1 is 0.328 bits per heavy atom.